The molecule has 21 heavy (non-hydrogen) atoms. The first-order valence-corrected chi connectivity index (χ1v) is 8.21. The van der Waals surface area contributed by atoms with Crippen molar-refractivity contribution in [2.45, 2.75) is 26.8 Å². The van der Waals surface area contributed by atoms with E-state index in [9.17, 15) is 4.79 Å². The van der Waals surface area contributed by atoms with Gasteiger partial charge in [-0.3, -0.25) is 0 Å². The maximum Gasteiger partial charge on any atom is 0.337 e. The molecule has 4 nitrogen and oxygen atoms in total. The maximum absolute atomic E-state index is 11.4. The van der Waals surface area contributed by atoms with Crippen LogP contribution in [0, 0.1) is 0 Å². The van der Waals surface area contributed by atoms with E-state index in [1.165, 1.54) is 13.5 Å². The van der Waals surface area contributed by atoms with Crippen molar-refractivity contribution < 1.29 is 9.53 Å². The molecule has 0 spiro atoms. The Morgan fingerprint density at radius 2 is 2.10 bits per heavy atom. The highest BCUT2D eigenvalue weighted by Gasteiger charge is 2.08. The van der Waals surface area contributed by atoms with Crippen molar-refractivity contribution in [3.05, 3.63) is 33.8 Å². The molecule has 0 fully saturated rings. The summed E-state index contributed by atoms with van der Waals surface area (Å²) in [6.45, 7) is 9.43. The lowest BCUT2D eigenvalue weighted by atomic mass is 10.1. The molecule has 0 unspecified atom stereocenters. The summed E-state index contributed by atoms with van der Waals surface area (Å²) in [5.74, 6) is -0.312. The van der Waals surface area contributed by atoms with E-state index in [1.54, 1.807) is 12.1 Å². The van der Waals surface area contributed by atoms with Crippen LogP contribution in [0.5, 0.6) is 0 Å². The Morgan fingerprint density at radius 3 is 2.67 bits per heavy atom. The normalized spacial score (nSPS) is 10.9. The molecule has 0 heterocycles. The van der Waals surface area contributed by atoms with Gasteiger partial charge in [0.15, 0.2) is 0 Å². The van der Waals surface area contributed by atoms with E-state index in [0.717, 1.165) is 42.8 Å². The fourth-order valence-corrected chi connectivity index (χ4v) is 2.66. The first kappa shape index (κ1) is 18.1. The smallest absolute Gasteiger partial charge is 0.337 e. The highest BCUT2D eigenvalue weighted by molar-refractivity contribution is 9.10. The van der Waals surface area contributed by atoms with Crippen molar-refractivity contribution in [1.82, 2.24) is 10.2 Å². The summed E-state index contributed by atoms with van der Waals surface area (Å²) in [4.78, 5) is 13.9. The van der Waals surface area contributed by atoms with Gasteiger partial charge in [-0.05, 0) is 37.2 Å². The number of esters is 1. The predicted molar refractivity (Wildman–Crippen MR) is 89.6 cm³/mol. The van der Waals surface area contributed by atoms with Gasteiger partial charge in [0.25, 0.3) is 0 Å². The van der Waals surface area contributed by atoms with E-state index in [2.05, 4.69) is 40.0 Å². The van der Waals surface area contributed by atoms with Gasteiger partial charge < -0.3 is 15.0 Å². The number of carbonyl (C=O) groups is 1. The minimum atomic E-state index is -0.312. The molecule has 1 rings (SSSR count). The summed E-state index contributed by atoms with van der Waals surface area (Å²) in [5, 5.41) is 3.44. The fraction of sp³-hybridized carbons (Fsp3) is 0.562. The number of methoxy groups -OCH3 is 1. The number of hydrogen-bond acceptors (Lipinski definition) is 4. The van der Waals surface area contributed by atoms with E-state index in [-0.39, 0.29) is 5.97 Å². The van der Waals surface area contributed by atoms with Crippen molar-refractivity contribution >= 4 is 21.9 Å². The Kier molecular flexibility index (Phi) is 8.57. The van der Waals surface area contributed by atoms with Crippen molar-refractivity contribution in [3.63, 3.8) is 0 Å². The quantitative estimate of drug-likeness (QED) is 0.545. The highest BCUT2D eigenvalue weighted by atomic mass is 79.9. The number of hydrogen-bond donors (Lipinski definition) is 1. The second-order valence-electron chi connectivity index (χ2n) is 4.91. The average molecular weight is 357 g/mol. The summed E-state index contributed by atoms with van der Waals surface area (Å²) in [6.07, 6.45) is 1.19. The van der Waals surface area contributed by atoms with Crippen LogP contribution in [0.4, 0.5) is 0 Å². The third-order valence-electron chi connectivity index (χ3n) is 3.38. The first-order chi connectivity index (χ1) is 10.1. The number of halogens is 1. The summed E-state index contributed by atoms with van der Waals surface area (Å²) in [7, 11) is 1.39. The number of rotatable bonds is 9. The number of nitrogens with one attached hydrogen (secondary N) is 1. The molecule has 0 atom stereocenters. The van der Waals surface area contributed by atoms with E-state index in [1.807, 2.05) is 6.07 Å². The Bertz CT molecular complexity index is 452. The van der Waals surface area contributed by atoms with E-state index in [0.29, 0.717) is 5.56 Å². The molecule has 0 saturated heterocycles. The standard InChI is InChI=1S/C16H25BrN2O2/c1-4-9-19(5-2)10-8-18-12-14-7-6-13(11-15(14)17)16(20)21-3/h6-7,11,18H,4-5,8-10,12H2,1-3H3. The van der Waals surface area contributed by atoms with Gasteiger partial charge in [0.05, 0.1) is 12.7 Å². The number of ether oxygens (including phenoxy) is 1. The molecule has 0 saturated carbocycles. The van der Waals surface area contributed by atoms with E-state index >= 15 is 0 Å². The van der Waals surface area contributed by atoms with Gasteiger partial charge in [-0.2, -0.15) is 0 Å². The lowest BCUT2D eigenvalue weighted by Crippen LogP contribution is -2.32. The van der Waals surface area contributed by atoms with Crippen LogP contribution in [-0.2, 0) is 11.3 Å². The predicted octanol–water partition coefficient (Wildman–Crippen LogP) is 3.06. The minimum Gasteiger partial charge on any atom is -0.465 e. The average Bonchev–Trinajstić information content (AvgIpc) is 2.50. The Morgan fingerprint density at radius 1 is 1.33 bits per heavy atom. The van der Waals surface area contributed by atoms with Gasteiger partial charge in [-0.15, -0.1) is 0 Å². The molecule has 1 N–H and O–H groups in total. The summed E-state index contributed by atoms with van der Waals surface area (Å²) < 4.78 is 5.64. The van der Waals surface area contributed by atoms with Gasteiger partial charge in [-0.25, -0.2) is 4.79 Å². The van der Waals surface area contributed by atoms with E-state index in [4.69, 9.17) is 4.74 Å². The zero-order chi connectivity index (χ0) is 15.7. The molecule has 0 radical (unpaired) electrons. The van der Waals surface area contributed by atoms with Crippen LogP contribution in [0.3, 0.4) is 0 Å². The monoisotopic (exact) mass is 356 g/mol. The van der Waals surface area contributed by atoms with Gasteiger partial charge >= 0.3 is 5.97 Å². The van der Waals surface area contributed by atoms with Crippen molar-refractivity contribution in [1.29, 1.82) is 0 Å². The van der Waals surface area contributed by atoms with Crippen LogP contribution in [0.25, 0.3) is 0 Å². The molecule has 1 aromatic rings. The Labute approximate surface area is 136 Å². The second-order valence-corrected chi connectivity index (χ2v) is 5.76. The van der Waals surface area contributed by atoms with Gasteiger partial charge in [0, 0.05) is 24.1 Å². The van der Waals surface area contributed by atoms with Crippen LogP contribution < -0.4 is 5.32 Å². The lowest BCUT2D eigenvalue weighted by Gasteiger charge is -2.19. The van der Waals surface area contributed by atoms with Crippen LogP contribution in [-0.4, -0.2) is 44.2 Å². The van der Waals surface area contributed by atoms with Crippen molar-refractivity contribution in [2.75, 3.05) is 33.3 Å². The topological polar surface area (TPSA) is 41.6 Å². The molecule has 0 aliphatic carbocycles. The minimum absolute atomic E-state index is 0.312. The number of likely N-dealkylation sites (N-methyl/N-ethyl adjacent to an activating group) is 1. The zero-order valence-corrected chi connectivity index (χ0v) is 14.7. The Balaban J connectivity index is 2.44. The Hall–Kier alpha value is -0.910. The lowest BCUT2D eigenvalue weighted by molar-refractivity contribution is 0.0600. The van der Waals surface area contributed by atoms with Gasteiger partial charge in [-0.1, -0.05) is 35.8 Å². The zero-order valence-electron chi connectivity index (χ0n) is 13.1. The molecule has 0 bridgehead atoms. The molecule has 0 aliphatic rings. The van der Waals surface area contributed by atoms with Crippen LogP contribution in [0.1, 0.15) is 36.2 Å². The van der Waals surface area contributed by atoms with Gasteiger partial charge in [0.2, 0.25) is 0 Å². The molecular weight excluding hydrogens is 332 g/mol. The van der Waals surface area contributed by atoms with Crippen LogP contribution in [0.2, 0.25) is 0 Å². The molecule has 0 amide bonds. The summed E-state index contributed by atoms with van der Waals surface area (Å²) in [6, 6.07) is 5.55. The van der Waals surface area contributed by atoms with Gasteiger partial charge in [0.1, 0.15) is 0 Å². The molecule has 5 heteroatoms. The molecule has 118 valence electrons. The third kappa shape index (κ3) is 6.16. The SMILES string of the molecule is CCCN(CC)CCNCc1ccc(C(=O)OC)cc1Br. The largest absolute Gasteiger partial charge is 0.465 e. The molecule has 0 aliphatic heterocycles. The molecule has 0 aromatic heterocycles. The number of benzene rings is 1. The van der Waals surface area contributed by atoms with Crippen LogP contribution >= 0.6 is 15.9 Å². The summed E-state index contributed by atoms with van der Waals surface area (Å²) in [5.41, 5.74) is 1.70. The second kappa shape index (κ2) is 9.92. The van der Waals surface area contributed by atoms with Crippen molar-refractivity contribution in [3.8, 4) is 0 Å². The highest BCUT2D eigenvalue weighted by Crippen LogP contribution is 2.19. The summed E-state index contributed by atoms with van der Waals surface area (Å²) >= 11 is 3.51. The number of nitrogens with zero attached hydrogens (tertiary/aromatic N) is 1. The number of carbonyl (C=O) groups excluding carboxylic acids is 1. The van der Waals surface area contributed by atoms with Crippen molar-refractivity contribution in [2.24, 2.45) is 0 Å². The maximum atomic E-state index is 11.4. The van der Waals surface area contributed by atoms with E-state index < -0.39 is 0 Å². The molecule has 1 aromatic carbocycles. The fourth-order valence-electron chi connectivity index (χ4n) is 2.14. The first-order valence-electron chi connectivity index (χ1n) is 7.42. The molecular formula is C16H25BrN2O2. The van der Waals surface area contributed by atoms with Crippen LogP contribution in [0.15, 0.2) is 22.7 Å². The third-order valence-corrected chi connectivity index (χ3v) is 4.12.